The highest BCUT2D eigenvalue weighted by atomic mass is 31.0. The first-order chi connectivity index (χ1) is 15.7. The van der Waals surface area contributed by atoms with Crippen molar-refractivity contribution in [3.05, 3.63) is 57.9 Å². The molecule has 5 unspecified atom stereocenters. The molecule has 1 aromatic heterocycles. The molecule has 0 bridgehead atoms. The molecular weight excluding hydrogens is 452 g/mol. The van der Waals surface area contributed by atoms with Crippen LogP contribution in [0.3, 0.4) is 0 Å². The third-order valence-corrected chi connectivity index (χ3v) is 4.91. The standard InChI is InChI=1S/C10H13FO2.C10H16N3O3P.C2H6O/c1-7-4-8(6-9(11)5-7)10(13)2-3-12;1-6-4-7(5-15-17)16-9(6)13-3-2-8(11)12-10(13)14;1-3-2/h4-6,10,12-13H,2-3H2,1H3;2-3,6-7,9H,4-5,17H2,1H3,(H2,11,12,14);1-2H3. The van der Waals surface area contributed by atoms with Gasteiger partial charge in [-0.1, -0.05) is 13.0 Å². The first-order valence-corrected chi connectivity index (χ1v) is 10.9. The van der Waals surface area contributed by atoms with Crippen molar-refractivity contribution in [2.75, 3.05) is 33.2 Å². The van der Waals surface area contributed by atoms with E-state index in [2.05, 4.69) is 19.2 Å². The predicted molar refractivity (Wildman–Crippen MR) is 127 cm³/mol. The zero-order valence-corrected chi connectivity index (χ0v) is 20.6. The lowest BCUT2D eigenvalue weighted by molar-refractivity contribution is -0.0271. The number of methoxy groups -OCH3 is 1. The third-order valence-electron chi connectivity index (χ3n) is 4.71. The number of aromatic nitrogens is 2. The van der Waals surface area contributed by atoms with Crippen molar-refractivity contribution in [3.63, 3.8) is 0 Å². The fourth-order valence-corrected chi connectivity index (χ4v) is 3.55. The van der Waals surface area contributed by atoms with Crippen molar-refractivity contribution in [1.82, 2.24) is 9.55 Å². The van der Waals surface area contributed by atoms with Gasteiger partial charge in [0.1, 0.15) is 17.9 Å². The number of anilines is 1. The van der Waals surface area contributed by atoms with E-state index in [9.17, 15) is 14.3 Å². The van der Waals surface area contributed by atoms with Crippen LogP contribution < -0.4 is 11.4 Å². The van der Waals surface area contributed by atoms with Crippen LogP contribution in [0.5, 0.6) is 0 Å². The third kappa shape index (κ3) is 9.83. The summed E-state index contributed by atoms with van der Waals surface area (Å²) >= 11 is 0. The predicted octanol–water partition coefficient (Wildman–Crippen LogP) is 2.37. The quantitative estimate of drug-likeness (QED) is 0.530. The maximum Gasteiger partial charge on any atom is 0.351 e. The molecule has 11 heteroatoms. The molecule has 2 heterocycles. The molecule has 4 N–H and O–H groups in total. The molecule has 3 rings (SSSR count). The average Bonchev–Trinajstić information content (AvgIpc) is 3.09. The van der Waals surface area contributed by atoms with E-state index in [1.165, 1.54) is 16.7 Å². The number of halogens is 1. The maximum atomic E-state index is 12.9. The van der Waals surface area contributed by atoms with Gasteiger partial charge in [-0.05, 0) is 42.7 Å². The molecule has 1 aliphatic rings. The van der Waals surface area contributed by atoms with Gasteiger partial charge in [0.25, 0.3) is 0 Å². The summed E-state index contributed by atoms with van der Waals surface area (Å²) < 4.78 is 29.3. The second-order valence-electron chi connectivity index (χ2n) is 7.74. The first-order valence-electron chi connectivity index (χ1n) is 10.4. The number of aliphatic hydroxyl groups is 2. The SMILES string of the molecule is CC1CC(COP)OC1n1ccc(N)nc1=O.COC.Cc1cc(F)cc(C(O)CCO)c1. The van der Waals surface area contributed by atoms with Crippen LogP contribution in [-0.2, 0) is 14.0 Å². The summed E-state index contributed by atoms with van der Waals surface area (Å²) in [6.45, 7) is 4.20. The average molecular weight is 488 g/mol. The van der Waals surface area contributed by atoms with Gasteiger partial charge in [-0.2, -0.15) is 4.98 Å². The van der Waals surface area contributed by atoms with Gasteiger partial charge in [-0.15, -0.1) is 0 Å². The number of nitrogen functional groups attached to an aromatic ring is 1. The van der Waals surface area contributed by atoms with Crippen molar-refractivity contribution in [3.8, 4) is 0 Å². The Morgan fingerprint density at radius 3 is 2.61 bits per heavy atom. The van der Waals surface area contributed by atoms with Crippen molar-refractivity contribution in [1.29, 1.82) is 0 Å². The normalized spacial score (nSPS) is 20.3. The van der Waals surface area contributed by atoms with Crippen LogP contribution in [0.2, 0.25) is 0 Å². The Morgan fingerprint density at radius 2 is 2.06 bits per heavy atom. The Hall–Kier alpha value is -1.94. The summed E-state index contributed by atoms with van der Waals surface area (Å²) in [7, 11) is 5.45. The molecule has 186 valence electrons. The van der Waals surface area contributed by atoms with Gasteiger partial charge >= 0.3 is 5.69 Å². The van der Waals surface area contributed by atoms with E-state index in [-0.39, 0.29) is 48.6 Å². The highest BCUT2D eigenvalue weighted by molar-refractivity contribution is 7.09. The summed E-state index contributed by atoms with van der Waals surface area (Å²) in [5.74, 6) is 0.108. The van der Waals surface area contributed by atoms with E-state index < -0.39 is 6.10 Å². The number of rotatable bonds is 6. The highest BCUT2D eigenvalue weighted by Crippen LogP contribution is 2.33. The minimum Gasteiger partial charge on any atom is -0.396 e. The van der Waals surface area contributed by atoms with Gasteiger partial charge in [0.15, 0.2) is 0 Å². The lowest BCUT2D eigenvalue weighted by Gasteiger charge is -2.17. The van der Waals surface area contributed by atoms with E-state index in [1.807, 2.05) is 6.92 Å². The first kappa shape index (κ1) is 29.1. The minimum absolute atomic E-state index is 0.0111. The molecule has 33 heavy (non-hydrogen) atoms. The molecule has 0 radical (unpaired) electrons. The minimum atomic E-state index is -0.778. The zero-order valence-electron chi connectivity index (χ0n) is 19.5. The highest BCUT2D eigenvalue weighted by Gasteiger charge is 2.33. The van der Waals surface area contributed by atoms with Crippen molar-refractivity contribution >= 4 is 15.3 Å². The van der Waals surface area contributed by atoms with Crippen LogP contribution in [0.1, 0.15) is 43.2 Å². The lowest BCUT2D eigenvalue weighted by Crippen LogP contribution is -2.29. The smallest absolute Gasteiger partial charge is 0.351 e. The number of aryl methyl sites for hydroxylation is 1. The van der Waals surface area contributed by atoms with Crippen LogP contribution in [0.4, 0.5) is 10.2 Å². The summed E-state index contributed by atoms with van der Waals surface area (Å²) in [6, 6.07) is 5.99. The monoisotopic (exact) mass is 487 g/mol. The van der Waals surface area contributed by atoms with Gasteiger partial charge in [-0.3, -0.25) is 4.57 Å². The number of nitrogens with two attached hydrogens (primary N) is 1. The van der Waals surface area contributed by atoms with E-state index in [0.717, 1.165) is 12.0 Å². The number of hydrogen-bond acceptors (Lipinski definition) is 8. The van der Waals surface area contributed by atoms with Crippen molar-refractivity contribution in [2.45, 2.75) is 45.1 Å². The largest absolute Gasteiger partial charge is 0.396 e. The van der Waals surface area contributed by atoms with Gasteiger partial charge in [0, 0.05) is 48.8 Å². The van der Waals surface area contributed by atoms with Crippen LogP contribution in [-0.4, -0.2) is 53.3 Å². The number of ether oxygens (including phenoxy) is 2. The van der Waals surface area contributed by atoms with Crippen LogP contribution >= 0.6 is 9.47 Å². The Kier molecular flexibility index (Phi) is 13.3. The summed E-state index contributed by atoms with van der Waals surface area (Å²) in [4.78, 5) is 15.4. The van der Waals surface area contributed by atoms with Gasteiger partial charge in [-0.25, -0.2) is 9.18 Å². The topological polar surface area (TPSA) is 129 Å². The number of aliphatic hydroxyl groups excluding tert-OH is 2. The van der Waals surface area contributed by atoms with E-state index in [0.29, 0.717) is 12.2 Å². The van der Waals surface area contributed by atoms with E-state index in [4.69, 9.17) is 20.1 Å². The number of benzene rings is 1. The molecule has 0 spiro atoms. The Balaban J connectivity index is 0.000000304. The molecule has 5 atom stereocenters. The van der Waals surface area contributed by atoms with Crippen LogP contribution in [0.15, 0.2) is 35.3 Å². The summed E-state index contributed by atoms with van der Waals surface area (Å²) in [6.07, 6.45) is 1.66. The Labute approximate surface area is 196 Å². The molecular formula is C22H35FN3O6P. The van der Waals surface area contributed by atoms with E-state index in [1.54, 1.807) is 39.5 Å². The Morgan fingerprint density at radius 1 is 1.39 bits per heavy atom. The van der Waals surface area contributed by atoms with Crippen LogP contribution in [0.25, 0.3) is 0 Å². The lowest BCUT2D eigenvalue weighted by atomic mass is 10.0. The molecule has 0 aliphatic carbocycles. The second kappa shape index (κ2) is 15.1. The second-order valence-corrected chi connectivity index (χ2v) is 8.07. The zero-order chi connectivity index (χ0) is 25.0. The molecule has 0 amide bonds. The van der Waals surface area contributed by atoms with Crippen molar-refractivity contribution < 1.29 is 28.6 Å². The fraction of sp³-hybridized carbons (Fsp3) is 0.545. The molecule has 2 aromatic rings. The Bertz CT molecular complexity index is 880. The molecule has 0 saturated carbocycles. The summed E-state index contributed by atoms with van der Waals surface area (Å²) in [5.41, 5.74) is 6.36. The molecule has 1 fully saturated rings. The molecule has 1 aliphatic heterocycles. The van der Waals surface area contributed by atoms with Gasteiger partial charge in [0.05, 0.1) is 18.8 Å². The fourth-order valence-electron chi connectivity index (χ4n) is 3.34. The maximum absolute atomic E-state index is 12.9. The molecule has 1 aromatic carbocycles. The van der Waals surface area contributed by atoms with Gasteiger partial charge < -0.3 is 29.9 Å². The molecule has 1 saturated heterocycles. The number of nitrogens with zero attached hydrogens (tertiary/aromatic N) is 2. The summed E-state index contributed by atoms with van der Waals surface area (Å²) in [5, 5.41) is 18.0. The van der Waals surface area contributed by atoms with Crippen LogP contribution in [0, 0.1) is 18.7 Å². The number of hydrogen-bond donors (Lipinski definition) is 3. The van der Waals surface area contributed by atoms with Gasteiger partial charge in [0.2, 0.25) is 0 Å². The molecule has 9 nitrogen and oxygen atoms in total. The van der Waals surface area contributed by atoms with Crippen molar-refractivity contribution in [2.24, 2.45) is 5.92 Å². The van der Waals surface area contributed by atoms with E-state index >= 15 is 0 Å².